The van der Waals surface area contributed by atoms with Gasteiger partial charge in [-0.25, -0.2) is 4.57 Å². The highest BCUT2D eigenvalue weighted by Gasteiger charge is 2.20. The number of unbranched alkanes of at least 4 members (excludes halogenated alkanes) is 5. The van der Waals surface area contributed by atoms with E-state index in [2.05, 4.69) is 12.2 Å². The maximum atomic E-state index is 12.4. The van der Waals surface area contributed by atoms with Crippen LogP contribution in [0.4, 0.5) is 0 Å². The van der Waals surface area contributed by atoms with Gasteiger partial charge in [0, 0.05) is 12.5 Å². The second-order valence-electron chi connectivity index (χ2n) is 6.69. The number of hydrogen-bond acceptors (Lipinski definition) is 3. The molecular formula is C21H35N2O3+. The molecule has 0 saturated heterocycles. The third-order valence-electron chi connectivity index (χ3n) is 4.38. The molecule has 146 valence electrons. The fourth-order valence-electron chi connectivity index (χ4n) is 2.77. The van der Waals surface area contributed by atoms with Gasteiger partial charge in [-0.15, -0.1) is 0 Å². The van der Waals surface area contributed by atoms with Gasteiger partial charge in [-0.1, -0.05) is 51.7 Å². The first-order valence-corrected chi connectivity index (χ1v) is 9.87. The Morgan fingerprint density at radius 2 is 1.96 bits per heavy atom. The molecule has 0 aliphatic carbocycles. The van der Waals surface area contributed by atoms with Crippen molar-refractivity contribution < 1.29 is 19.6 Å². The minimum absolute atomic E-state index is 0.287. The fourth-order valence-corrected chi connectivity index (χ4v) is 2.77. The summed E-state index contributed by atoms with van der Waals surface area (Å²) in [7, 11) is 0. The lowest BCUT2D eigenvalue weighted by atomic mass is 10.1. The van der Waals surface area contributed by atoms with E-state index in [1.54, 1.807) is 12.1 Å². The predicted molar refractivity (Wildman–Crippen MR) is 104 cm³/mol. The third-order valence-corrected chi connectivity index (χ3v) is 4.38. The summed E-state index contributed by atoms with van der Waals surface area (Å²) in [5.74, 6) is -0.287. The van der Waals surface area contributed by atoms with Gasteiger partial charge in [0.05, 0.1) is 18.8 Å². The smallest absolute Gasteiger partial charge is 0.257 e. The topological polar surface area (TPSA) is 73.4 Å². The molecule has 0 spiro atoms. The first-order chi connectivity index (χ1) is 12.6. The summed E-state index contributed by atoms with van der Waals surface area (Å²) in [4.78, 5) is 12.4. The molecule has 2 atom stereocenters. The number of carbonyl (C=O) groups is 1. The van der Waals surface area contributed by atoms with Gasteiger partial charge in [-0.05, 0) is 18.9 Å². The van der Waals surface area contributed by atoms with Crippen LogP contribution in [-0.4, -0.2) is 34.9 Å². The zero-order chi connectivity index (χ0) is 19.2. The van der Waals surface area contributed by atoms with E-state index in [9.17, 15) is 15.0 Å². The van der Waals surface area contributed by atoms with Gasteiger partial charge in [0.25, 0.3) is 5.91 Å². The molecule has 1 amide bonds. The molecule has 0 aromatic carbocycles. The van der Waals surface area contributed by atoms with E-state index in [0.29, 0.717) is 5.56 Å². The normalized spacial score (nSPS) is 13.7. The molecule has 3 N–H and O–H groups in total. The average Bonchev–Trinajstić information content (AvgIpc) is 2.66. The third kappa shape index (κ3) is 8.59. The van der Waals surface area contributed by atoms with Crippen LogP contribution >= 0.6 is 0 Å². The number of nitrogens with zero attached hydrogens (tertiary/aromatic N) is 1. The maximum absolute atomic E-state index is 12.4. The molecule has 0 aliphatic rings. The minimum Gasteiger partial charge on any atom is -0.394 e. The highest BCUT2D eigenvalue weighted by molar-refractivity contribution is 5.93. The second kappa shape index (κ2) is 13.5. The zero-order valence-corrected chi connectivity index (χ0v) is 16.2. The first kappa shape index (κ1) is 22.3. The summed E-state index contributed by atoms with van der Waals surface area (Å²) in [5.41, 5.74) is 0.531. The molecule has 26 heavy (non-hydrogen) atoms. The minimum atomic E-state index is -0.900. The van der Waals surface area contributed by atoms with Crippen LogP contribution in [0.1, 0.15) is 69.2 Å². The summed E-state index contributed by atoms with van der Waals surface area (Å²) in [6.07, 6.45) is 14.5. The number of allylic oxidation sites excluding steroid dienone is 1. The predicted octanol–water partition coefficient (Wildman–Crippen LogP) is 2.75. The maximum Gasteiger partial charge on any atom is 0.257 e. The number of nitrogens with one attached hydrogen (secondary N) is 1. The molecule has 0 radical (unpaired) electrons. The van der Waals surface area contributed by atoms with Crippen molar-refractivity contribution in [1.29, 1.82) is 0 Å². The molecule has 1 rings (SSSR count). The van der Waals surface area contributed by atoms with Gasteiger partial charge >= 0.3 is 0 Å². The fraction of sp³-hybridized carbons (Fsp3) is 0.619. The Labute approximate surface area is 157 Å². The van der Waals surface area contributed by atoms with Gasteiger partial charge in [0.1, 0.15) is 12.1 Å². The van der Waals surface area contributed by atoms with E-state index in [1.807, 2.05) is 36.0 Å². The van der Waals surface area contributed by atoms with Crippen molar-refractivity contribution in [1.82, 2.24) is 5.32 Å². The number of pyridine rings is 1. The lowest BCUT2D eigenvalue weighted by molar-refractivity contribution is -0.697. The summed E-state index contributed by atoms with van der Waals surface area (Å²) in [6.45, 7) is 4.75. The SMILES string of the molecule is CC/C=C/[C@@H](O)[C@H](CO)NC(=O)c1ccc[n+](CCCCCCCC)c1. The molecule has 1 heterocycles. The molecule has 0 aliphatic heterocycles. The molecule has 1 aromatic heterocycles. The van der Waals surface area contributed by atoms with Crippen LogP contribution in [0.2, 0.25) is 0 Å². The van der Waals surface area contributed by atoms with Crippen LogP contribution in [0.15, 0.2) is 36.7 Å². The summed E-state index contributed by atoms with van der Waals surface area (Å²) in [5, 5.41) is 22.2. The van der Waals surface area contributed by atoms with Crippen molar-refractivity contribution in [2.45, 2.75) is 77.5 Å². The van der Waals surface area contributed by atoms with Gasteiger partial charge < -0.3 is 15.5 Å². The van der Waals surface area contributed by atoms with Gasteiger partial charge in [0.15, 0.2) is 12.4 Å². The lowest BCUT2D eigenvalue weighted by Crippen LogP contribution is -2.45. The number of aryl methyl sites for hydroxylation is 1. The van der Waals surface area contributed by atoms with E-state index in [1.165, 1.54) is 32.1 Å². The highest BCUT2D eigenvalue weighted by Crippen LogP contribution is 2.05. The summed E-state index contributed by atoms with van der Waals surface area (Å²) in [6, 6.07) is 2.89. The highest BCUT2D eigenvalue weighted by atomic mass is 16.3. The van der Waals surface area contributed by atoms with E-state index >= 15 is 0 Å². The molecule has 1 aromatic rings. The molecule has 0 bridgehead atoms. The lowest BCUT2D eigenvalue weighted by Gasteiger charge is -2.19. The number of aromatic nitrogens is 1. The summed E-state index contributed by atoms with van der Waals surface area (Å²) >= 11 is 0. The Morgan fingerprint density at radius 1 is 1.23 bits per heavy atom. The van der Waals surface area contributed by atoms with E-state index in [0.717, 1.165) is 19.4 Å². The monoisotopic (exact) mass is 363 g/mol. The largest absolute Gasteiger partial charge is 0.394 e. The van der Waals surface area contributed by atoms with Crippen LogP contribution in [0, 0.1) is 0 Å². The van der Waals surface area contributed by atoms with Crippen molar-refractivity contribution in [3.05, 3.63) is 42.2 Å². The van der Waals surface area contributed by atoms with Gasteiger partial charge in [-0.3, -0.25) is 4.79 Å². The van der Waals surface area contributed by atoms with Crippen molar-refractivity contribution in [3.8, 4) is 0 Å². The van der Waals surface area contributed by atoms with Crippen LogP contribution in [0.5, 0.6) is 0 Å². The molecule has 0 fully saturated rings. The number of carbonyl (C=O) groups excluding carboxylic acids is 1. The number of amides is 1. The standard InChI is InChI=1S/C21H34N2O3/c1-3-5-7-8-9-10-14-23-15-11-12-18(16-23)21(26)22-19(17-24)20(25)13-6-4-2/h6,11-13,15-16,19-20,24-25H,3-5,7-10,14,17H2,1-2H3/p+1/b13-6+/t19-,20+/m0/s1. The molecule has 0 unspecified atom stereocenters. The Morgan fingerprint density at radius 3 is 2.65 bits per heavy atom. The van der Waals surface area contributed by atoms with Crippen molar-refractivity contribution in [2.24, 2.45) is 0 Å². The Kier molecular flexibility index (Phi) is 11.6. The second-order valence-corrected chi connectivity index (χ2v) is 6.69. The number of aliphatic hydroxyl groups is 2. The zero-order valence-electron chi connectivity index (χ0n) is 16.2. The van der Waals surface area contributed by atoms with Crippen LogP contribution in [0.3, 0.4) is 0 Å². The quantitative estimate of drug-likeness (QED) is 0.287. The molecule has 5 nitrogen and oxygen atoms in total. The van der Waals surface area contributed by atoms with Crippen molar-refractivity contribution in [3.63, 3.8) is 0 Å². The van der Waals surface area contributed by atoms with Crippen molar-refractivity contribution >= 4 is 5.91 Å². The van der Waals surface area contributed by atoms with E-state index in [4.69, 9.17) is 0 Å². The Bertz CT molecular complexity index is 546. The number of aliphatic hydroxyl groups excluding tert-OH is 2. The Balaban J connectivity index is 2.54. The average molecular weight is 364 g/mol. The summed E-state index contributed by atoms with van der Waals surface area (Å²) < 4.78 is 2.02. The number of hydrogen-bond donors (Lipinski definition) is 3. The van der Waals surface area contributed by atoms with E-state index < -0.39 is 12.1 Å². The molecule has 0 saturated carbocycles. The van der Waals surface area contributed by atoms with Gasteiger partial charge in [-0.2, -0.15) is 0 Å². The Hall–Kier alpha value is -1.72. The van der Waals surface area contributed by atoms with Crippen LogP contribution in [0.25, 0.3) is 0 Å². The first-order valence-electron chi connectivity index (χ1n) is 9.87. The van der Waals surface area contributed by atoms with Crippen LogP contribution in [-0.2, 0) is 6.54 Å². The molecular weight excluding hydrogens is 328 g/mol. The van der Waals surface area contributed by atoms with Crippen LogP contribution < -0.4 is 9.88 Å². The molecule has 5 heteroatoms. The number of rotatable bonds is 13. The van der Waals surface area contributed by atoms with E-state index in [-0.39, 0.29) is 12.5 Å². The van der Waals surface area contributed by atoms with Gasteiger partial charge in [0.2, 0.25) is 0 Å². The van der Waals surface area contributed by atoms with Crippen molar-refractivity contribution in [2.75, 3.05) is 6.61 Å².